The predicted molar refractivity (Wildman–Crippen MR) is 87.4 cm³/mol. The molecule has 24 heavy (non-hydrogen) atoms. The van der Waals surface area contributed by atoms with Gasteiger partial charge in [0, 0.05) is 6.54 Å². The highest BCUT2D eigenvalue weighted by Crippen LogP contribution is 2.29. The van der Waals surface area contributed by atoms with Gasteiger partial charge in [0.15, 0.2) is 0 Å². The fourth-order valence-electron chi connectivity index (χ4n) is 1.95. The topological polar surface area (TPSA) is 46.2 Å². The van der Waals surface area contributed by atoms with Gasteiger partial charge in [-0.15, -0.1) is 0 Å². The van der Waals surface area contributed by atoms with Gasteiger partial charge in [-0.3, -0.25) is 0 Å². The van der Waals surface area contributed by atoms with Crippen molar-refractivity contribution in [3.05, 3.63) is 69.2 Å². The smallest absolute Gasteiger partial charge is 0.212 e. The Labute approximate surface area is 147 Å². The molecule has 0 atom stereocenters. The van der Waals surface area contributed by atoms with E-state index in [9.17, 15) is 21.6 Å². The van der Waals surface area contributed by atoms with Gasteiger partial charge >= 0.3 is 6.18 Å². The monoisotopic (exact) mass is 397 g/mol. The number of hydrogen-bond donors (Lipinski definition) is 1. The van der Waals surface area contributed by atoms with E-state index in [0.29, 0.717) is 10.6 Å². The van der Waals surface area contributed by atoms with Gasteiger partial charge in [0.05, 0.1) is 21.4 Å². The number of hydrogen-bond acceptors (Lipinski definition) is 2. The number of nitrogens with one attached hydrogen (secondary N) is 1. The van der Waals surface area contributed by atoms with E-state index in [-0.39, 0.29) is 22.9 Å². The Kier molecular flexibility index (Phi) is 5.80. The highest BCUT2D eigenvalue weighted by atomic mass is 35.5. The molecule has 9 heteroatoms. The van der Waals surface area contributed by atoms with Crippen LogP contribution in [0.4, 0.5) is 13.2 Å². The molecule has 0 aromatic heterocycles. The van der Waals surface area contributed by atoms with Gasteiger partial charge in [0.2, 0.25) is 10.0 Å². The van der Waals surface area contributed by atoms with Crippen molar-refractivity contribution in [2.75, 3.05) is 0 Å². The van der Waals surface area contributed by atoms with E-state index < -0.39 is 21.8 Å². The van der Waals surface area contributed by atoms with Crippen molar-refractivity contribution in [1.82, 2.24) is 4.72 Å². The summed E-state index contributed by atoms with van der Waals surface area (Å²) in [4.78, 5) is 0. The third-order valence-corrected chi connectivity index (χ3v) is 5.13. The minimum Gasteiger partial charge on any atom is -0.212 e. The fraction of sp³-hybridized carbons (Fsp3) is 0.200. The third-order valence-electron chi connectivity index (χ3n) is 3.09. The van der Waals surface area contributed by atoms with Crippen LogP contribution in [0.1, 0.15) is 16.7 Å². The lowest BCUT2D eigenvalue weighted by molar-refractivity contribution is -0.137. The largest absolute Gasteiger partial charge is 0.416 e. The van der Waals surface area contributed by atoms with Crippen molar-refractivity contribution in [1.29, 1.82) is 0 Å². The van der Waals surface area contributed by atoms with Crippen LogP contribution in [0.2, 0.25) is 10.0 Å². The summed E-state index contributed by atoms with van der Waals surface area (Å²) >= 11 is 11.6. The summed E-state index contributed by atoms with van der Waals surface area (Å²) in [6, 6.07) is 8.88. The zero-order valence-electron chi connectivity index (χ0n) is 12.1. The normalized spacial score (nSPS) is 12.4. The first-order valence-electron chi connectivity index (χ1n) is 6.64. The second-order valence-corrected chi connectivity index (χ2v) is 7.65. The van der Waals surface area contributed by atoms with E-state index in [2.05, 4.69) is 4.72 Å². The van der Waals surface area contributed by atoms with Gasteiger partial charge in [-0.2, -0.15) is 13.2 Å². The molecule has 0 spiro atoms. The zero-order chi connectivity index (χ0) is 18.0. The molecule has 2 aromatic carbocycles. The van der Waals surface area contributed by atoms with Crippen LogP contribution in [0, 0.1) is 0 Å². The molecular formula is C15H12Cl2F3NO2S. The number of benzene rings is 2. The quantitative estimate of drug-likeness (QED) is 0.798. The van der Waals surface area contributed by atoms with Crippen LogP contribution in [-0.2, 0) is 28.5 Å². The molecule has 0 bridgehead atoms. The SMILES string of the molecule is O=S(=O)(Cc1ccc(Cl)c(Cl)c1)NCc1cccc(C(F)(F)F)c1. The average Bonchev–Trinajstić information content (AvgIpc) is 2.48. The van der Waals surface area contributed by atoms with E-state index >= 15 is 0 Å². The van der Waals surface area contributed by atoms with Crippen molar-refractivity contribution >= 4 is 33.2 Å². The van der Waals surface area contributed by atoms with Gasteiger partial charge in [0.25, 0.3) is 0 Å². The molecule has 3 nitrogen and oxygen atoms in total. The molecule has 0 fully saturated rings. The predicted octanol–water partition coefficient (Wildman–Crippen LogP) is 4.63. The second-order valence-electron chi connectivity index (χ2n) is 5.03. The Morgan fingerprint density at radius 3 is 2.29 bits per heavy atom. The summed E-state index contributed by atoms with van der Waals surface area (Å²) in [6.07, 6.45) is -4.48. The molecule has 0 saturated heterocycles. The standard InChI is InChI=1S/C15H12Cl2F3NO2S/c16-13-5-4-11(7-14(13)17)9-24(22,23)21-8-10-2-1-3-12(6-10)15(18,19)20/h1-7,21H,8-9H2. The van der Waals surface area contributed by atoms with Gasteiger partial charge in [-0.1, -0.05) is 47.5 Å². The lowest BCUT2D eigenvalue weighted by atomic mass is 10.1. The van der Waals surface area contributed by atoms with E-state index in [4.69, 9.17) is 23.2 Å². The minimum absolute atomic E-state index is 0.211. The first-order valence-corrected chi connectivity index (χ1v) is 9.05. The Morgan fingerprint density at radius 1 is 0.958 bits per heavy atom. The van der Waals surface area contributed by atoms with E-state index in [1.807, 2.05) is 0 Å². The summed E-state index contributed by atoms with van der Waals surface area (Å²) in [7, 11) is -3.74. The van der Waals surface area contributed by atoms with Gasteiger partial charge in [-0.05, 0) is 29.3 Å². The number of sulfonamides is 1. The van der Waals surface area contributed by atoms with E-state index in [1.165, 1.54) is 30.3 Å². The Balaban J connectivity index is 2.06. The highest BCUT2D eigenvalue weighted by Gasteiger charge is 2.30. The van der Waals surface area contributed by atoms with E-state index in [1.54, 1.807) is 0 Å². The Hall–Kier alpha value is -1.28. The first kappa shape index (κ1) is 19.1. The Morgan fingerprint density at radius 2 is 1.67 bits per heavy atom. The third kappa shape index (κ3) is 5.37. The molecule has 0 heterocycles. The van der Waals surface area contributed by atoms with Crippen LogP contribution in [0.25, 0.3) is 0 Å². The molecule has 0 radical (unpaired) electrons. The van der Waals surface area contributed by atoms with Crippen molar-refractivity contribution in [2.45, 2.75) is 18.5 Å². The van der Waals surface area contributed by atoms with Crippen LogP contribution in [-0.4, -0.2) is 8.42 Å². The van der Waals surface area contributed by atoms with Crippen LogP contribution >= 0.6 is 23.2 Å². The van der Waals surface area contributed by atoms with Crippen LogP contribution in [0.15, 0.2) is 42.5 Å². The molecular weight excluding hydrogens is 386 g/mol. The molecule has 1 N–H and O–H groups in total. The zero-order valence-corrected chi connectivity index (χ0v) is 14.4. The van der Waals surface area contributed by atoms with Gasteiger partial charge in [0.1, 0.15) is 0 Å². The van der Waals surface area contributed by atoms with Crippen molar-refractivity contribution in [3.8, 4) is 0 Å². The summed E-state index contributed by atoms with van der Waals surface area (Å²) < 4.78 is 64.3. The van der Waals surface area contributed by atoms with Crippen molar-refractivity contribution < 1.29 is 21.6 Å². The second kappa shape index (κ2) is 7.31. The summed E-state index contributed by atoms with van der Waals surface area (Å²) in [5, 5.41) is 0.525. The number of rotatable bonds is 5. The molecule has 2 aromatic rings. The molecule has 0 amide bonds. The van der Waals surface area contributed by atoms with Crippen molar-refractivity contribution in [2.24, 2.45) is 0 Å². The first-order chi connectivity index (χ1) is 11.1. The van der Waals surface area contributed by atoms with Crippen molar-refractivity contribution in [3.63, 3.8) is 0 Å². The van der Waals surface area contributed by atoms with E-state index in [0.717, 1.165) is 12.1 Å². The number of halogens is 5. The molecule has 0 aliphatic carbocycles. The Bertz CT molecular complexity index is 839. The molecule has 0 aliphatic rings. The van der Waals surface area contributed by atoms with Crippen LogP contribution in [0.3, 0.4) is 0 Å². The molecule has 130 valence electrons. The summed E-state index contributed by atoms with van der Waals surface area (Å²) in [6.45, 7) is -0.242. The van der Waals surface area contributed by atoms with Crippen LogP contribution in [0.5, 0.6) is 0 Å². The van der Waals surface area contributed by atoms with Crippen LogP contribution < -0.4 is 4.72 Å². The maximum Gasteiger partial charge on any atom is 0.416 e. The molecule has 0 saturated carbocycles. The minimum atomic E-state index is -4.48. The summed E-state index contributed by atoms with van der Waals surface area (Å²) in [5.41, 5.74) is -0.202. The lowest BCUT2D eigenvalue weighted by Crippen LogP contribution is -2.24. The maximum atomic E-state index is 12.6. The number of alkyl halides is 3. The summed E-state index contributed by atoms with van der Waals surface area (Å²) in [5.74, 6) is -0.358. The average molecular weight is 398 g/mol. The molecule has 2 rings (SSSR count). The fourth-order valence-corrected chi connectivity index (χ4v) is 3.38. The van der Waals surface area contributed by atoms with Gasteiger partial charge < -0.3 is 0 Å². The molecule has 0 unspecified atom stereocenters. The lowest BCUT2D eigenvalue weighted by Gasteiger charge is -2.10. The maximum absolute atomic E-state index is 12.6. The molecule has 0 aliphatic heterocycles. The van der Waals surface area contributed by atoms with Gasteiger partial charge in [-0.25, -0.2) is 13.1 Å². The highest BCUT2D eigenvalue weighted by molar-refractivity contribution is 7.88.